The van der Waals surface area contributed by atoms with Crippen molar-refractivity contribution in [3.8, 4) is 11.5 Å². The lowest BCUT2D eigenvalue weighted by Gasteiger charge is -2.22. The Balaban J connectivity index is 1.72. The Kier molecular flexibility index (Phi) is 5.46. The maximum atomic E-state index is 13.1. The van der Waals surface area contributed by atoms with Crippen LogP contribution in [0.1, 0.15) is 31.3 Å². The van der Waals surface area contributed by atoms with E-state index in [1.165, 1.54) is 12.1 Å². The summed E-state index contributed by atoms with van der Waals surface area (Å²) in [4.78, 5) is 4.40. The van der Waals surface area contributed by atoms with Crippen LogP contribution in [0.25, 0.3) is 11.5 Å². The summed E-state index contributed by atoms with van der Waals surface area (Å²) in [5.74, 6) is 1.02. The molecule has 25 heavy (non-hydrogen) atoms. The largest absolute Gasteiger partial charge is 0.334 e. The van der Waals surface area contributed by atoms with Gasteiger partial charge in [-0.15, -0.1) is 0 Å². The average molecular weight is 360 g/mol. The Labute approximate surface area is 151 Å². The monoisotopic (exact) mass is 359 g/mol. The lowest BCUT2D eigenvalue weighted by atomic mass is 9.96. The zero-order chi connectivity index (χ0) is 17.8. The summed E-state index contributed by atoms with van der Waals surface area (Å²) in [7, 11) is 0. The van der Waals surface area contributed by atoms with Crippen molar-refractivity contribution in [3.63, 3.8) is 0 Å². The smallest absolute Gasteiger partial charge is 0.259 e. The van der Waals surface area contributed by atoms with Gasteiger partial charge in [0.15, 0.2) is 5.82 Å². The number of rotatable bonds is 6. The number of nitrogens with zero attached hydrogens (tertiary/aromatic N) is 2. The van der Waals surface area contributed by atoms with Gasteiger partial charge < -0.3 is 9.84 Å². The highest BCUT2D eigenvalue weighted by Crippen LogP contribution is 2.26. The fourth-order valence-electron chi connectivity index (χ4n) is 2.68. The molecule has 2 aromatic carbocycles. The molecular formula is C19H19ClFN3O. The molecule has 3 aromatic rings. The third-order valence-electron chi connectivity index (χ3n) is 3.95. The van der Waals surface area contributed by atoms with Crippen molar-refractivity contribution >= 4 is 11.6 Å². The van der Waals surface area contributed by atoms with Crippen molar-refractivity contribution in [2.45, 2.75) is 26.4 Å². The Bertz CT molecular complexity index is 833. The molecule has 1 aromatic heterocycles. The number of aromatic nitrogens is 2. The van der Waals surface area contributed by atoms with Crippen LogP contribution in [0.4, 0.5) is 4.39 Å². The Morgan fingerprint density at radius 2 is 1.84 bits per heavy atom. The van der Waals surface area contributed by atoms with Gasteiger partial charge >= 0.3 is 0 Å². The summed E-state index contributed by atoms with van der Waals surface area (Å²) >= 11 is 6.16. The normalized spacial score (nSPS) is 12.5. The molecule has 4 nitrogen and oxygen atoms in total. The molecule has 0 amide bonds. The number of hydrogen-bond donors (Lipinski definition) is 1. The molecule has 0 fully saturated rings. The first kappa shape index (κ1) is 17.6. The molecule has 6 heteroatoms. The first-order chi connectivity index (χ1) is 12.0. The van der Waals surface area contributed by atoms with E-state index < -0.39 is 0 Å². The molecule has 0 bridgehead atoms. The van der Waals surface area contributed by atoms with Crippen LogP contribution in [-0.2, 0) is 6.54 Å². The predicted molar refractivity (Wildman–Crippen MR) is 95.6 cm³/mol. The van der Waals surface area contributed by atoms with Crippen molar-refractivity contribution in [1.29, 1.82) is 0 Å². The minimum atomic E-state index is -0.242. The van der Waals surface area contributed by atoms with Gasteiger partial charge in [-0.25, -0.2) is 4.39 Å². The first-order valence-corrected chi connectivity index (χ1v) is 8.48. The zero-order valence-corrected chi connectivity index (χ0v) is 14.8. The van der Waals surface area contributed by atoms with Crippen LogP contribution in [-0.4, -0.2) is 10.1 Å². The standard InChI is InChI=1S/C19H19ClFN3O/c1-12(2)18(13-7-9-14(21)10-8-13)22-11-17-23-19(25-24-17)15-5-3-4-6-16(15)20/h3-10,12,18,22H,11H2,1-2H3/t18-/m0/s1. The van der Waals surface area contributed by atoms with E-state index in [0.29, 0.717) is 34.8 Å². The number of nitrogens with one attached hydrogen (secondary N) is 1. The predicted octanol–water partition coefficient (Wildman–Crippen LogP) is 5.02. The van der Waals surface area contributed by atoms with Crippen molar-refractivity contribution in [3.05, 3.63) is 70.8 Å². The van der Waals surface area contributed by atoms with Gasteiger partial charge in [-0.3, -0.25) is 0 Å². The van der Waals surface area contributed by atoms with E-state index in [2.05, 4.69) is 29.3 Å². The molecule has 3 rings (SSSR count). The molecule has 1 heterocycles. The minimum Gasteiger partial charge on any atom is -0.334 e. The van der Waals surface area contributed by atoms with E-state index in [0.717, 1.165) is 5.56 Å². The van der Waals surface area contributed by atoms with E-state index in [-0.39, 0.29) is 11.9 Å². The van der Waals surface area contributed by atoms with Crippen LogP contribution >= 0.6 is 11.6 Å². The second-order valence-corrected chi connectivity index (χ2v) is 6.56. The second-order valence-electron chi connectivity index (χ2n) is 6.15. The average Bonchev–Trinajstić information content (AvgIpc) is 3.05. The summed E-state index contributed by atoms with van der Waals surface area (Å²) in [5.41, 5.74) is 1.73. The summed E-state index contributed by atoms with van der Waals surface area (Å²) in [5, 5.41) is 7.98. The summed E-state index contributed by atoms with van der Waals surface area (Å²) in [6.07, 6.45) is 0. The van der Waals surface area contributed by atoms with Crippen molar-refractivity contribution in [2.24, 2.45) is 5.92 Å². The molecule has 0 spiro atoms. The summed E-state index contributed by atoms with van der Waals surface area (Å²) in [6.45, 7) is 4.65. The number of hydrogen-bond acceptors (Lipinski definition) is 4. The molecule has 0 aliphatic heterocycles. The molecule has 0 aliphatic carbocycles. The van der Waals surface area contributed by atoms with Crippen LogP contribution < -0.4 is 5.32 Å². The maximum Gasteiger partial charge on any atom is 0.259 e. The number of benzene rings is 2. The molecule has 0 aliphatic rings. The van der Waals surface area contributed by atoms with E-state index in [9.17, 15) is 4.39 Å². The molecule has 0 radical (unpaired) electrons. The maximum absolute atomic E-state index is 13.1. The first-order valence-electron chi connectivity index (χ1n) is 8.11. The van der Waals surface area contributed by atoms with Crippen LogP contribution in [0.3, 0.4) is 0 Å². The highest BCUT2D eigenvalue weighted by molar-refractivity contribution is 6.33. The molecule has 0 saturated heterocycles. The van der Waals surface area contributed by atoms with E-state index in [4.69, 9.17) is 16.1 Å². The highest BCUT2D eigenvalue weighted by atomic mass is 35.5. The fourth-order valence-corrected chi connectivity index (χ4v) is 2.90. The van der Waals surface area contributed by atoms with Gasteiger partial charge in [0, 0.05) is 6.04 Å². The third-order valence-corrected chi connectivity index (χ3v) is 4.28. The lowest BCUT2D eigenvalue weighted by molar-refractivity contribution is 0.388. The minimum absolute atomic E-state index is 0.0582. The molecule has 1 N–H and O–H groups in total. The van der Waals surface area contributed by atoms with Gasteiger partial charge in [-0.05, 0) is 35.7 Å². The SMILES string of the molecule is CC(C)[C@H](NCc1noc(-c2ccccc2Cl)n1)c1ccc(F)cc1. The third kappa shape index (κ3) is 4.24. The van der Waals surface area contributed by atoms with Gasteiger partial charge in [0.25, 0.3) is 5.89 Å². The van der Waals surface area contributed by atoms with E-state index in [1.807, 2.05) is 18.2 Å². The van der Waals surface area contributed by atoms with Gasteiger partial charge in [0.05, 0.1) is 17.1 Å². The Hall–Kier alpha value is -2.24. The van der Waals surface area contributed by atoms with Gasteiger partial charge in [0.2, 0.25) is 0 Å². The van der Waals surface area contributed by atoms with Crippen LogP contribution in [0.5, 0.6) is 0 Å². The van der Waals surface area contributed by atoms with Crippen LogP contribution in [0.2, 0.25) is 5.02 Å². The quantitative estimate of drug-likeness (QED) is 0.671. The fraction of sp³-hybridized carbons (Fsp3) is 0.263. The topological polar surface area (TPSA) is 51.0 Å². The number of halogens is 2. The molecular weight excluding hydrogens is 341 g/mol. The summed E-state index contributed by atoms with van der Waals surface area (Å²) < 4.78 is 18.4. The lowest BCUT2D eigenvalue weighted by Crippen LogP contribution is -2.25. The van der Waals surface area contributed by atoms with Crippen LogP contribution in [0.15, 0.2) is 53.1 Å². The molecule has 0 saturated carbocycles. The highest BCUT2D eigenvalue weighted by Gasteiger charge is 2.17. The summed E-state index contributed by atoms with van der Waals surface area (Å²) in [6, 6.07) is 13.9. The second kappa shape index (κ2) is 7.76. The van der Waals surface area contributed by atoms with Crippen molar-refractivity contribution in [2.75, 3.05) is 0 Å². The molecule has 1 atom stereocenters. The van der Waals surface area contributed by atoms with Crippen LogP contribution in [0, 0.1) is 11.7 Å². The van der Waals surface area contributed by atoms with E-state index >= 15 is 0 Å². The van der Waals surface area contributed by atoms with Crippen molar-refractivity contribution < 1.29 is 8.91 Å². The Morgan fingerprint density at radius 1 is 1.12 bits per heavy atom. The van der Waals surface area contributed by atoms with Gasteiger partial charge in [-0.1, -0.05) is 54.9 Å². The van der Waals surface area contributed by atoms with Gasteiger partial charge in [-0.2, -0.15) is 4.98 Å². The Morgan fingerprint density at radius 3 is 2.52 bits per heavy atom. The van der Waals surface area contributed by atoms with Crippen molar-refractivity contribution in [1.82, 2.24) is 15.5 Å². The molecule has 130 valence electrons. The van der Waals surface area contributed by atoms with E-state index in [1.54, 1.807) is 18.2 Å². The molecule has 0 unspecified atom stereocenters. The van der Waals surface area contributed by atoms with Gasteiger partial charge in [0.1, 0.15) is 5.82 Å². The zero-order valence-electron chi connectivity index (χ0n) is 14.0.